The van der Waals surface area contributed by atoms with E-state index >= 15 is 0 Å². The smallest absolute Gasteiger partial charge is 0.227 e. The van der Waals surface area contributed by atoms with Crippen LogP contribution in [-0.4, -0.2) is 54.9 Å². The minimum atomic E-state index is 0.00189. The molecule has 1 aliphatic heterocycles. The van der Waals surface area contributed by atoms with E-state index in [9.17, 15) is 9.59 Å². The van der Waals surface area contributed by atoms with Crippen molar-refractivity contribution in [2.45, 2.75) is 40.5 Å². The second-order valence-corrected chi connectivity index (χ2v) is 7.14. The predicted octanol–water partition coefficient (Wildman–Crippen LogP) is 2.57. The summed E-state index contributed by atoms with van der Waals surface area (Å²) in [7, 11) is 1.64. The number of rotatable bonds is 4. The summed E-state index contributed by atoms with van der Waals surface area (Å²) in [5, 5.41) is 0. The van der Waals surface area contributed by atoms with Crippen LogP contribution in [0.5, 0.6) is 5.75 Å². The third kappa shape index (κ3) is 4.74. The minimum absolute atomic E-state index is 0.00189. The van der Waals surface area contributed by atoms with E-state index in [-0.39, 0.29) is 17.7 Å². The van der Waals surface area contributed by atoms with Gasteiger partial charge in [0.25, 0.3) is 0 Å². The molecule has 2 rings (SSSR count). The molecule has 1 heterocycles. The van der Waals surface area contributed by atoms with Crippen LogP contribution in [0.1, 0.15) is 37.0 Å². The summed E-state index contributed by atoms with van der Waals surface area (Å²) in [6.45, 7) is 10.6. The fourth-order valence-electron chi connectivity index (χ4n) is 3.20. The quantitative estimate of drug-likeness (QED) is 0.842. The molecule has 1 aliphatic rings. The minimum Gasteiger partial charge on any atom is -0.496 e. The molecule has 5 heteroatoms. The maximum atomic E-state index is 12.8. The molecule has 5 nitrogen and oxygen atoms in total. The maximum absolute atomic E-state index is 12.8. The van der Waals surface area contributed by atoms with Crippen LogP contribution >= 0.6 is 0 Å². The van der Waals surface area contributed by atoms with Crippen LogP contribution in [0.2, 0.25) is 0 Å². The molecule has 2 amide bonds. The van der Waals surface area contributed by atoms with E-state index in [1.54, 1.807) is 7.11 Å². The number of carbonyl (C=O) groups excluding carboxylic acids is 2. The summed E-state index contributed by atoms with van der Waals surface area (Å²) in [6, 6.07) is 4.03. The summed E-state index contributed by atoms with van der Waals surface area (Å²) in [5.74, 6) is 1.04. The highest BCUT2D eigenvalue weighted by atomic mass is 16.5. The number of hydrogen-bond acceptors (Lipinski definition) is 3. The first kappa shape index (κ1) is 19.3. The van der Waals surface area contributed by atoms with Crippen molar-refractivity contribution in [3.8, 4) is 5.75 Å². The Morgan fingerprint density at radius 1 is 1.04 bits per heavy atom. The molecule has 0 bridgehead atoms. The molecular weight excluding hydrogens is 316 g/mol. The lowest BCUT2D eigenvalue weighted by molar-refractivity contribution is -0.135. The first-order chi connectivity index (χ1) is 11.8. The summed E-state index contributed by atoms with van der Waals surface area (Å²) >= 11 is 0. The third-order valence-electron chi connectivity index (χ3n) is 4.89. The molecule has 1 aromatic carbocycles. The van der Waals surface area contributed by atoms with Gasteiger partial charge in [0, 0.05) is 37.7 Å². The molecule has 0 N–H and O–H groups in total. The zero-order valence-electron chi connectivity index (χ0n) is 16.1. The Morgan fingerprint density at radius 3 is 2.28 bits per heavy atom. The largest absolute Gasteiger partial charge is 0.496 e. The number of amides is 2. The van der Waals surface area contributed by atoms with Gasteiger partial charge in [0.05, 0.1) is 13.5 Å². The highest BCUT2D eigenvalue weighted by Gasteiger charge is 2.24. The number of hydrogen-bond donors (Lipinski definition) is 0. The van der Waals surface area contributed by atoms with Crippen molar-refractivity contribution in [1.29, 1.82) is 0 Å². The average Bonchev–Trinajstić information content (AvgIpc) is 2.83. The maximum Gasteiger partial charge on any atom is 0.227 e. The van der Waals surface area contributed by atoms with Gasteiger partial charge in [-0.25, -0.2) is 0 Å². The van der Waals surface area contributed by atoms with Crippen LogP contribution in [0, 0.1) is 19.8 Å². The van der Waals surface area contributed by atoms with Crippen molar-refractivity contribution >= 4 is 11.8 Å². The van der Waals surface area contributed by atoms with Crippen LogP contribution in [0.3, 0.4) is 0 Å². The fourth-order valence-corrected chi connectivity index (χ4v) is 3.20. The van der Waals surface area contributed by atoms with Crippen LogP contribution in [0.4, 0.5) is 0 Å². The van der Waals surface area contributed by atoms with E-state index < -0.39 is 0 Å². The zero-order chi connectivity index (χ0) is 18.6. The molecule has 1 saturated heterocycles. The van der Waals surface area contributed by atoms with E-state index in [0.29, 0.717) is 26.1 Å². The summed E-state index contributed by atoms with van der Waals surface area (Å²) in [6.07, 6.45) is 1.16. The Morgan fingerprint density at radius 2 is 1.64 bits per heavy atom. The van der Waals surface area contributed by atoms with Crippen molar-refractivity contribution in [3.05, 3.63) is 28.8 Å². The molecule has 1 fully saturated rings. The average molecular weight is 346 g/mol. The molecule has 0 saturated carbocycles. The SMILES string of the molecule is COc1cc(C)c(C)cc1CC(=O)N1CCCN(C(=O)C(C)C)CC1. The Bertz CT molecular complexity index is 640. The van der Waals surface area contributed by atoms with Gasteiger partial charge in [0.2, 0.25) is 11.8 Å². The van der Waals surface area contributed by atoms with Gasteiger partial charge < -0.3 is 14.5 Å². The van der Waals surface area contributed by atoms with Crippen molar-refractivity contribution < 1.29 is 14.3 Å². The second-order valence-electron chi connectivity index (χ2n) is 7.14. The number of aryl methyl sites for hydroxylation is 2. The third-order valence-corrected chi connectivity index (χ3v) is 4.89. The van der Waals surface area contributed by atoms with Gasteiger partial charge in [0.15, 0.2) is 0 Å². The first-order valence-electron chi connectivity index (χ1n) is 9.04. The molecule has 25 heavy (non-hydrogen) atoms. The fraction of sp³-hybridized carbons (Fsp3) is 0.600. The zero-order valence-corrected chi connectivity index (χ0v) is 16.1. The van der Waals surface area contributed by atoms with E-state index in [2.05, 4.69) is 0 Å². The van der Waals surface area contributed by atoms with Gasteiger partial charge in [-0.2, -0.15) is 0 Å². The Labute approximate surface area is 150 Å². The van der Waals surface area contributed by atoms with Gasteiger partial charge in [-0.05, 0) is 37.5 Å². The Kier molecular flexibility index (Phi) is 6.45. The number of nitrogens with zero attached hydrogens (tertiary/aromatic N) is 2. The lowest BCUT2D eigenvalue weighted by Crippen LogP contribution is -2.39. The molecule has 138 valence electrons. The van der Waals surface area contributed by atoms with Crippen molar-refractivity contribution in [2.75, 3.05) is 33.3 Å². The molecule has 0 unspecified atom stereocenters. The molecule has 0 aliphatic carbocycles. The van der Waals surface area contributed by atoms with Gasteiger partial charge in [-0.15, -0.1) is 0 Å². The summed E-state index contributed by atoms with van der Waals surface area (Å²) in [5.41, 5.74) is 3.24. The molecule has 0 aromatic heterocycles. The van der Waals surface area contributed by atoms with E-state index in [4.69, 9.17) is 4.74 Å². The van der Waals surface area contributed by atoms with Gasteiger partial charge in [-0.1, -0.05) is 19.9 Å². The number of benzene rings is 1. The molecule has 0 radical (unpaired) electrons. The summed E-state index contributed by atoms with van der Waals surface area (Å²) in [4.78, 5) is 28.7. The Hall–Kier alpha value is -2.04. The standard InChI is InChI=1S/C20H30N2O3/c1-14(2)20(24)22-8-6-7-21(9-10-22)19(23)13-17-11-15(3)16(4)12-18(17)25-5/h11-12,14H,6-10,13H2,1-5H3. The van der Waals surface area contributed by atoms with Crippen LogP contribution in [-0.2, 0) is 16.0 Å². The normalized spacial score (nSPS) is 15.3. The lowest BCUT2D eigenvalue weighted by Gasteiger charge is -2.24. The van der Waals surface area contributed by atoms with E-state index in [0.717, 1.165) is 35.4 Å². The lowest BCUT2D eigenvalue weighted by atomic mass is 10.0. The monoisotopic (exact) mass is 346 g/mol. The van der Waals surface area contributed by atoms with Gasteiger partial charge in [0.1, 0.15) is 5.75 Å². The van der Waals surface area contributed by atoms with Crippen molar-refractivity contribution in [3.63, 3.8) is 0 Å². The van der Waals surface area contributed by atoms with Gasteiger partial charge >= 0.3 is 0 Å². The summed E-state index contributed by atoms with van der Waals surface area (Å²) < 4.78 is 5.45. The first-order valence-corrected chi connectivity index (χ1v) is 9.04. The van der Waals surface area contributed by atoms with Crippen molar-refractivity contribution in [1.82, 2.24) is 9.80 Å². The number of carbonyl (C=O) groups is 2. The van der Waals surface area contributed by atoms with Gasteiger partial charge in [-0.3, -0.25) is 9.59 Å². The number of ether oxygens (including phenoxy) is 1. The molecular formula is C20H30N2O3. The van der Waals surface area contributed by atoms with Crippen LogP contribution in [0.15, 0.2) is 12.1 Å². The highest BCUT2D eigenvalue weighted by molar-refractivity contribution is 5.80. The number of methoxy groups -OCH3 is 1. The molecule has 1 aromatic rings. The van der Waals surface area contributed by atoms with Crippen LogP contribution < -0.4 is 4.74 Å². The second kappa shape index (κ2) is 8.37. The molecule has 0 atom stereocenters. The predicted molar refractivity (Wildman–Crippen MR) is 98.8 cm³/mol. The topological polar surface area (TPSA) is 49.9 Å². The van der Waals surface area contributed by atoms with E-state index in [1.807, 2.05) is 49.6 Å². The van der Waals surface area contributed by atoms with E-state index in [1.165, 1.54) is 0 Å². The molecule has 0 spiro atoms. The van der Waals surface area contributed by atoms with Crippen LogP contribution in [0.25, 0.3) is 0 Å². The Balaban J connectivity index is 2.04. The van der Waals surface area contributed by atoms with Crippen molar-refractivity contribution in [2.24, 2.45) is 5.92 Å². The highest BCUT2D eigenvalue weighted by Crippen LogP contribution is 2.24.